The van der Waals surface area contributed by atoms with Gasteiger partial charge < -0.3 is 9.72 Å². The van der Waals surface area contributed by atoms with E-state index in [0.717, 1.165) is 16.8 Å². The van der Waals surface area contributed by atoms with Crippen molar-refractivity contribution < 1.29 is 9.53 Å². The first kappa shape index (κ1) is 12.3. The predicted molar refractivity (Wildman–Crippen MR) is 76.2 cm³/mol. The Bertz CT molecular complexity index is 684. The summed E-state index contributed by atoms with van der Waals surface area (Å²) in [5, 5.41) is 0. The lowest BCUT2D eigenvalue weighted by Crippen LogP contribution is -2.11. The lowest BCUT2D eigenvalue weighted by atomic mass is 10.2. The monoisotopic (exact) mass is 266 g/mol. The van der Waals surface area contributed by atoms with Crippen LogP contribution in [0.5, 0.6) is 0 Å². The van der Waals surface area contributed by atoms with Gasteiger partial charge in [0, 0.05) is 29.8 Å². The van der Waals surface area contributed by atoms with E-state index >= 15 is 0 Å². The fourth-order valence-electron chi connectivity index (χ4n) is 1.97. The Labute approximate surface area is 116 Å². The first-order valence-corrected chi connectivity index (χ1v) is 6.36. The number of ether oxygens (including phenoxy) is 1. The van der Waals surface area contributed by atoms with E-state index in [1.54, 1.807) is 12.4 Å². The third-order valence-corrected chi connectivity index (χ3v) is 3.02. The second-order valence-corrected chi connectivity index (χ2v) is 4.43. The minimum Gasteiger partial charge on any atom is -0.444 e. The zero-order valence-corrected chi connectivity index (χ0v) is 10.8. The first-order valence-electron chi connectivity index (χ1n) is 6.36. The summed E-state index contributed by atoms with van der Waals surface area (Å²) in [5.41, 5.74) is 2.89. The maximum Gasteiger partial charge on any atom is 0.418 e. The molecule has 0 aliphatic carbocycles. The van der Waals surface area contributed by atoms with Crippen LogP contribution in [0.2, 0.25) is 0 Å². The molecule has 0 bridgehead atoms. The quantitative estimate of drug-likeness (QED) is 0.786. The predicted octanol–water partition coefficient (Wildman–Crippen LogP) is 3.67. The number of aromatic amines is 1. The van der Waals surface area contributed by atoms with Gasteiger partial charge in [0.2, 0.25) is 0 Å². The SMILES string of the molecule is O=C(OCc1ccccc1)n1ccc(-c2ccc[nH]2)c1. The highest BCUT2D eigenvalue weighted by Gasteiger charge is 2.08. The molecule has 0 atom stereocenters. The molecule has 2 heterocycles. The number of nitrogens with zero attached hydrogens (tertiary/aromatic N) is 1. The number of hydrogen-bond donors (Lipinski definition) is 1. The Balaban J connectivity index is 1.66. The van der Waals surface area contributed by atoms with E-state index in [-0.39, 0.29) is 12.7 Å². The van der Waals surface area contributed by atoms with Gasteiger partial charge in [-0.15, -0.1) is 0 Å². The van der Waals surface area contributed by atoms with Crippen LogP contribution in [-0.4, -0.2) is 15.6 Å². The molecule has 0 radical (unpaired) electrons. The van der Waals surface area contributed by atoms with E-state index in [1.165, 1.54) is 4.57 Å². The largest absolute Gasteiger partial charge is 0.444 e. The average molecular weight is 266 g/mol. The van der Waals surface area contributed by atoms with Gasteiger partial charge in [-0.2, -0.15) is 0 Å². The minimum absolute atomic E-state index is 0.274. The topological polar surface area (TPSA) is 47.0 Å². The summed E-state index contributed by atoms with van der Waals surface area (Å²) in [4.78, 5) is 15.0. The van der Waals surface area contributed by atoms with Gasteiger partial charge >= 0.3 is 6.09 Å². The molecule has 1 N–H and O–H groups in total. The standard InChI is InChI=1S/C16H14N2O2/c19-16(20-12-13-5-2-1-3-6-13)18-10-8-14(11-18)15-7-4-9-17-15/h1-11,17H,12H2. The maximum atomic E-state index is 11.9. The number of rotatable bonds is 3. The van der Waals surface area contributed by atoms with Crippen molar-refractivity contribution in [1.82, 2.24) is 9.55 Å². The highest BCUT2D eigenvalue weighted by atomic mass is 16.5. The Kier molecular flexibility index (Phi) is 3.37. The zero-order chi connectivity index (χ0) is 13.8. The van der Waals surface area contributed by atoms with E-state index in [1.807, 2.05) is 54.7 Å². The number of hydrogen-bond acceptors (Lipinski definition) is 2. The molecule has 2 aromatic heterocycles. The Morgan fingerprint density at radius 3 is 2.70 bits per heavy atom. The molecule has 0 spiro atoms. The van der Waals surface area contributed by atoms with Crippen LogP contribution in [0.4, 0.5) is 4.79 Å². The third-order valence-electron chi connectivity index (χ3n) is 3.02. The smallest absolute Gasteiger partial charge is 0.418 e. The van der Waals surface area contributed by atoms with Crippen molar-refractivity contribution in [2.75, 3.05) is 0 Å². The van der Waals surface area contributed by atoms with E-state index < -0.39 is 0 Å². The zero-order valence-electron chi connectivity index (χ0n) is 10.8. The molecular formula is C16H14N2O2. The van der Waals surface area contributed by atoms with Gasteiger partial charge in [0.05, 0.1) is 0 Å². The summed E-state index contributed by atoms with van der Waals surface area (Å²) in [7, 11) is 0. The summed E-state index contributed by atoms with van der Waals surface area (Å²) in [6.45, 7) is 0.274. The van der Waals surface area contributed by atoms with E-state index in [9.17, 15) is 4.79 Å². The Morgan fingerprint density at radius 1 is 1.10 bits per heavy atom. The van der Waals surface area contributed by atoms with Crippen LogP contribution in [0.25, 0.3) is 11.3 Å². The number of carbonyl (C=O) groups excluding carboxylic acids is 1. The van der Waals surface area contributed by atoms with Gasteiger partial charge in [0.25, 0.3) is 0 Å². The lowest BCUT2D eigenvalue weighted by Gasteiger charge is -2.04. The normalized spacial score (nSPS) is 10.4. The maximum absolute atomic E-state index is 11.9. The van der Waals surface area contributed by atoms with Crippen molar-refractivity contribution in [2.45, 2.75) is 6.61 Å². The van der Waals surface area contributed by atoms with Gasteiger partial charge in [0.15, 0.2) is 0 Å². The van der Waals surface area contributed by atoms with Gasteiger partial charge in [-0.05, 0) is 23.8 Å². The molecule has 1 aromatic carbocycles. The second kappa shape index (κ2) is 5.48. The molecule has 0 fully saturated rings. The van der Waals surface area contributed by atoms with Crippen LogP contribution in [-0.2, 0) is 11.3 Å². The van der Waals surface area contributed by atoms with Crippen molar-refractivity contribution in [2.24, 2.45) is 0 Å². The molecule has 4 heteroatoms. The van der Waals surface area contributed by atoms with E-state index in [0.29, 0.717) is 0 Å². The Morgan fingerprint density at radius 2 is 1.95 bits per heavy atom. The number of H-pyrrole nitrogens is 1. The Hall–Kier alpha value is -2.75. The number of nitrogens with one attached hydrogen (secondary N) is 1. The van der Waals surface area contributed by atoms with Crippen LogP contribution in [0, 0.1) is 0 Å². The van der Waals surface area contributed by atoms with Gasteiger partial charge in [-0.25, -0.2) is 4.79 Å². The van der Waals surface area contributed by atoms with E-state index in [4.69, 9.17) is 4.74 Å². The molecule has 0 saturated heterocycles. The lowest BCUT2D eigenvalue weighted by molar-refractivity contribution is 0.141. The molecule has 100 valence electrons. The first-order chi connectivity index (χ1) is 9.83. The highest BCUT2D eigenvalue weighted by Crippen LogP contribution is 2.17. The molecule has 0 saturated carbocycles. The highest BCUT2D eigenvalue weighted by molar-refractivity contribution is 5.73. The average Bonchev–Trinajstić information content (AvgIpc) is 3.16. The van der Waals surface area contributed by atoms with Crippen molar-refractivity contribution >= 4 is 6.09 Å². The van der Waals surface area contributed by atoms with Crippen molar-refractivity contribution in [3.8, 4) is 11.3 Å². The molecule has 0 aliphatic heterocycles. The minimum atomic E-state index is -0.383. The van der Waals surface area contributed by atoms with Gasteiger partial charge in [-0.1, -0.05) is 30.3 Å². The molecule has 3 aromatic rings. The number of benzene rings is 1. The molecular weight excluding hydrogens is 252 g/mol. The molecule has 0 unspecified atom stereocenters. The van der Waals surface area contributed by atoms with Crippen LogP contribution >= 0.6 is 0 Å². The fourth-order valence-corrected chi connectivity index (χ4v) is 1.97. The van der Waals surface area contributed by atoms with Gasteiger partial charge in [-0.3, -0.25) is 4.57 Å². The summed E-state index contributed by atoms with van der Waals surface area (Å²) in [5.74, 6) is 0. The van der Waals surface area contributed by atoms with Crippen molar-refractivity contribution in [3.05, 3.63) is 72.7 Å². The second-order valence-electron chi connectivity index (χ2n) is 4.43. The fraction of sp³-hybridized carbons (Fsp3) is 0.0625. The van der Waals surface area contributed by atoms with Crippen LogP contribution < -0.4 is 0 Å². The van der Waals surface area contributed by atoms with Crippen molar-refractivity contribution in [3.63, 3.8) is 0 Å². The van der Waals surface area contributed by atoms with Crippen molar-refractivity contribution in [1.29, 1.82) is 0 Å². The van der Waals surface area contributed by atoms with E-state index in [2.05, 4.69) is 4.98 Å². The van der Waals surface area contributed by atoms with Crippen LogP contribution in [0.1, 0.15) is 5.56 Å². The third kappa shape index (κ3) is 2.64. The van der Waals surface area contributed by atoms with Gasteiger partial charge in [0.1, 0.15) is 6.61 Å². The number of aromatic nitrogens is 2. The van der Waals surface area contributed by atoms with Crippen LogP contribution in [0.15, 0.2) is 67.1 Å². The molecule has 20 heavy (non-hydrogen) atoms. The van der Waals surface area contributed by atoms with Crippen LogP contribution in [0.3, 0.4) is 0 Å². The number of carbonyl (C=O) groups is 1. The summed E-state index contributed by atoms with van der Waals surface area (Å²) < 4.78 is 6.70. The molecule has 0 amide bonds. The summed E-state index contributed by atoms with van der Waals surface area (Å²) in [6.07, 6.45) is 4.91. The molecule has 4 nitrogen and oxygen atoms in total. The summed E-state index contributed by atoms with van der Waals surface area (Å²) >= 11 is 0. The summed E-state index contributed by atoms with van der Waals surface area (Å²) in [6, 6.07) is 15.4. The molecule has 3 rings (SSSR count). The molecule has 0 aliphatic rings.